The third-order valence-corrected chi connectivity index (χ3v) is 7.51. The van der Waals surface area contributed by atoms with Gasteiger partial charge in [-0.2, -0.15) is 0 Å². The van der Waals surface area contributed by atoms with Gasteiger partial charge in [-0.05, 0) is 67.9 Å². The van der Waals surface area contributed by atoms with Gasteiger partial charge in [0.25, 0.3) is 0 Å². The number of hydrogen-bond acceptors (Lipinski definition) is 2. The summed E-state index contributed by atoms with van der Waals surface area (Å²) in [4.78, 5) is 0. The van der Waals surface area contributed by atoms with Crippen LogP contribution in [-0.2, 0) is 0 Å². The Morgan fingerprint density at radius 3 is 2.17 bits per heavy atom. The number of nitrogens with one attached hydrogen (secondary N) is 2. The first-order valence-electron chi connectivity index (χ1n) is 13.8. The highest BCUT2D eigenvalue weighted by Gasteiger charge is 2.52. The zero-order valence-electron chi connectivity index (χ0n) is 21.8. The van der Waals surface area contributed by atoms with Crippen LogP contribution in [0.5, 0.6) is 0 Å². The van der Waals surface area contributed by atoms with Gasteiger partial charge >= 0.3 is 0 Å². The topological polar surface area (TPSA) is 24.1 Å². The van der Waals surface area contributed by atoms with Gasteiger partial charge < -0.3 is 10.6 Å². The second kappa shape index (κ2) is 16.5. The smallest absolute Gasteiger partial charge is 0.00768 e. The summed E-state index contributed by atoms with van der Waals surface area (Å²) in [7, 11) is 0. The van der Waals surface area contributed by atoms with Crippen molar-refractivity contribution in [3.63, 3.8) is 0 Å². The van der Waals surface area contributed by atoms with Gasteiger partial charge in [-0.25, -0.2) is 0 Å². The molecule has 2 nitrogen and oxygen atoms in total. The lowest BCUT2D eigenvalue weighted by molar-refractivity contribution is 0.298. The largest absolute Gasteiger partial charge is 0.315 e. The molecule has 1 rings (SSSR count). The molecule has 2 N–H and O–H groups in total. The molecule has 0 saturated heterocycles. The van der Waals surface area contributed by atoms with Crippen molar-refractivity contribution in [3.05, 3.63) is 0 Å². The van der Waals surface area contributed by atoms with Crippen LogP contribution >= 0.6 is 0 Å². The van der Waals surface area contributed by atoms with Gasteiger partial charge in [-0.1, -0.05) is 99.3 Å². The van der Waals surface area contributed by atoms with Crippen LogP contribution in [0.4, 0.5) is 0 Å². The summed E-state index contributed by atoms with van der Waals surface area (Å²) >= 11 is 0. The summed E-state index contributed by atoms with van der Waals surface area (Å²) in [6.07, 6.45) is 18.3. The fourth-order valence-electron chi connectivity index (χ4n) is 5.77. The van der Waals surface area contributed by atoms with Crippen molar-refractivity contribution in [2.45, 2.75) is 125 Å². The van der Waals surface area contributed by atoms with Crippen LogP contribution in [0.2, 0.25) is 0 Å². The maximum atomic E-state index is 3.81. The van der Waals surface area contributed by atoms with E-state index in [-0.39, 0.29) is 0 Å². The lowest BCUT2D eigenvalue weighted by atomic mass is 9.86. The lowest BCUT2D eigenvalue weighted by Crippen LogP contribution is -2.32. The standard InChI is InChI=1S/C28H58N2/c1-7-9-10-14-18-29-19-20-30-23-26(27-22-28(27,6)21-24(3)4)17-13-11-12-16-25(5)15-8-2/h24-27,29-30H,7-23H2,1-6H3. The molecule has 4 atom stereocenters. The van der Waals surface area contributed by atoms with Gasteiger partial charge in [0.2, 0.25) is 0 Å². The molecule has 0 amide bonds. The van der Waals surface area contributed by atoms with Crippen molar-refractivity contribution in [1.29, 1.82) is 0 Å². The fraction of sp³-hybridized carbons (Fsp3) is 1.00. The molecule has 1 aliphatic rings. The number of rotatable bonds is 21. The van der Waals surface area contributed by atoms with E-state index >= 15 is 0 Å². The van der Waals surface area contributed by atoms with Gasteiger partial charge in [-0.3, -0.25) is 0 Å². The van der Waals surface area contributed by atoms with Gasteiger partial charge in [0.1, 0.15) is 0 Å². The summed E-state index contributed by atoms with van der Waals surface area (Å²) in [6.45, 7) is 19.1. The molecule has 0 heterocycles. The van der Waals surface area contributed by atoms with Crippen LogP contribution in [-0.4, -0.2) is 26.2 Å². The first-order valence-corrected chi connectivity index (χ1v) is 13.8. The van der Waals surface area contributed by atoms with Crippen LogP contribution in [0, 0.1) is 29.1 Å². The molecular formula is C28H58N2. The molecule has 0 aromatic carbocycles. The minimum absolute atomic E-state index is 0.633. The summed E-state index contributed by atoms with van der Waals surface area (Å²) in [5.41, 5.74) is 0.633. The Morgan fingerprint density at radius 1 is 0.767 bits per heavy atom. The average molecular weight is 423 g/mol. The molecular weight excluding hydrogens is 364 g/mol. The van der Waals surface area contributed by atoms with Crippen LogP contribution in [0.25, 0.3) is 0 Å². The molecule has 1 aliphatic carbocycles. The summed E-state index contributed by atoms with van der Waals surface area (Å²) in [5.74, 6) is 3.63. The third kappa shape index (κ3) is 12.7. The summed E-state index contributed by atoms with van der Waals surface area (Å²) in [6, 6.07) is 0. The van der Waals surface area contributed by atoms with Gasteiger partial charge in [-0.15, -0.1) is 0 Å². The zero-order valence-corrected chi connectivity index (χ0v) is 21.8. The van der Waals surface area contributed by atoms with E-state index in [2.05, 4.69) is 52.2 Å². The fourth-order valence-corrected chi connectivity index (χ4v) is 5.77. The van der Waals surface area contributed by atoms with Crippen LogP contribution in [0.1, 0.15) is 125 Å². The minimum Gasteiger partial charge on any atom is -0.315 e. The molecule has 2 heteroatoms. The molecule has 0 aromatic rings. The first-order chi connectivity index (χ1) is 14.4. The highest BCUT2D eigenvalue weighted by molar-refractivity contribution is 5.02. The summed E-state index contributed by atoms with van der Waals surface area (Å²) < 4.78 is 0. The van der Waals surface area contributed by atoms with Gasteiger partial charge in [0, 0.05) is 13.1 Å². The maximum absolute atomic E-state index is 3.81. The predicted molar refractivity (Wildman–Crippen MR) is 136 cm³/mol. The lowest BCUT2D eigenvalue weighted by Gasteiger charge is -2.22. The van der Waals surface area contributed by atoms with E-state index in [1.165, 1.54) is 96.6 Å². The van der Waals surface area contributed by atoms with Gasteiger partial charge in [0.15, 0.2) is 0 Å². The van der Waals surface area contributed by atoms with E-state index in [0.717, 1.165) is 36.8 Å². The van der Waals surface area contributed by atoms with E-state index in [0.29, 0.717) is 5.41 Å². The Kier molecular flexibility index (Phi) is 15.4. The zero-order chi connectivity index (χ0) is 22.2. The number of unbranched alkanes of at least 4 members (excludes halogenated alkanes) is 5. The molecule has 0 aromatic heterocycles. The molecule has 4 unspecified atom stereocenters. The van der Waals surface area contributed by atoms with Crippen molar-refractivity contribution >= 4 is 0 Å². The maximum Gasteiger partial charge on any atom is 0.00768 e. The van der Waals surface area contributed by atoms with E-state index in [1.54, 1.807) is 0 Å². The molecule has 30 heavy (non-hydrogen) atoms. The molecule has 180 valence electrons. The van der Waals surface area contributed by atoms with E-state index < -0.39 is 0 Å². The van der Waals surface area contributed by atoms with Crippen molar-refractivity contribution in [3.8, 4) is 0 Å². The Morgan fingerprint density at radius 2 is 1.47 bits per heavy atom. The first kappa shape index (κ1) is 28.0. The Hall–Kier alpha value is -0.0800. The summed E-state index contributed by atoms with van der Waals surface area (Å²) in [5, 5.41) is 7.44. The predicted octanol–water partition coefficient (Wildman–Crippen LogP) is 7.82. The van der Waals surface area contributed by atoms with E-state index in [9.17, 15) is 0 Å². The molecule has 0 spiro atoms. The molecule has 0 aliphatic heterocycles. The molecule has 1 saturated carbocycles. The quantitative estimate of drug-likeness (QED) is 0.184. The highest BCUT2D eigenvalue weighted by Crippen LogP contribution is 2.60. The molecule has 1 fully saturated rings. The second-order valence-electron chi connectivity index (χ2n) is 11.4. The van der Waals surface area contributed by atoms with Crippen molar-refractivity contribution in [2.24, 2.45) is 29.1 Å². The molecule has 0 bridgehead atoms. The molecule has 0 radical (unpaired) electrons. The SMILES string of the molecule is CCCCCCNCCNCC(CCCCCC(C)CCC)C1CC1(C)CC(C)C. The average Bonchev–Trinajstić information content (AvgIpc) is 3.34. The Labute approximate surface area is 191 Å². The van der Waals surface area contributed by atoms with Crippen molar-refractivity contribution < 1.29 is 0 Å². The normalized spacial score (nSPS) is 23.1. The van der Waals surface area contributed by atoms with E-state index in [4.69, 9.17) is 0 Å². The monoisotopic (exact) mass is 422 g/mol. The van der Waals surface area contributed by atoms with Crippen molar-refractivity contribution in [1.82, 2.24) is 10.6 Å². The third-order valence-electron chi connectivity index (χ3n) is 7.51. The Bertz CT molecular complexity index is 394. The van der Waals surface area contributed by atoms with E-state index in [1.807, 2.05) is 0 Å². The van der Waals surface area contributed by atoms with Crippen LogP contribution in [0.15, 0.2) is 0 Å². The number of hydrogen-bond donors (Lipinski definition) is 2. The van der Waals surface area contributed by atoms with Crippen LogP contribution in [0.3, 0.4) is 0 Å². The van der Waals surface area contributed by atoms with Gasteiger partial charge in [0.05, 0.1) is 0 Å². The van der Waals surface area contributed by atoms with Crippen LogP contribution < -0.4 is 10.6 Å². The highest BCUT2D eigenvalue weighted by atomic mass is 14.9. The second-order valence-corrected chi connectivity index (χ2v) is 11.4. The minimum atomic E-state index is 0.633. The Balaban J connectivity index is 2.25. The van der Waals surface area contributed by atoms with Crippen molar-refractivity contribution in [2.75, 3.05) is 26.2 Å².